The molecule has 3 heteroatoms. The number of ether oxygens (including phenoxy) is 1. The second-order valence-electron chi connectivity index (χ2n) is 6.68. The summed E-state index contributed by atoms with van der Waals surface area (Å²) in [5.74, 6) is -0.225. The molecule has 3 nitrogen and oxygen atoms in total. The van der Waals surface area contributed by atoms with E-state index in [4.69, 9.17) is 4.74 Å². The number of carbonyl (C=O) groups excluding carboxylic acids is 1. The topological polar surface area (TPSA) is 46.5 Å². The van der Waals surface area contributed by atoms with Crippen LogP contribution in [-0.4, -0.2) is 17.7 Å². The van der Waals surface area contributed by atoms with Gasteiger partial charge in [0.2, 0.25) is 0 Å². The normalized spacial score (nSPS) is 13.4. The van der Waals surface area contributed by atoms with E-state index < -0.39 is 11.5 Å². The Balaban J connectivity index is 1.87. The average molecular weight is 312 g/mol. The lowest BCUT2D eigenvalue weighted by Crippen LogP contribution is -2.22. The van der Waals surface area contributed by atoms with Gasteiger partial charge in [0.1, 0.15) is 6.61 Å². The molecule has 1 atom stereocenters. The molecule has 0 aliphatic rings. The van der Waals surface area contributed by atoms with Crippen molar-refractivity contribution in [3.63, 3.8) is 0 Å². The van der Waals surface area contributed by atoms with Gasteiger partial charge in [-0.3, -0.25) is 4.79 Å². The Kier molecular flexibility index (Phi) is 5.56. The highest BCUT2D eigenvalue weighted by molar-refractivity contribution is 5.83. The van der Waals surface area contributed by atoms with E-state index in [0.29, 0.717) is 6.42 Å². The van der Waals surface area contributed by atoms with Gasteiger partial charge in [-0.15, -0.1) is 0 Å². The highest BCUT2D eigenvalue weighted by Crippen LogP contribution is 2.22. The number of aliphatic hydroxyl groups is 1. The number of carbonyl (C=O) groups is 1. The second-order valence-corrected chi connectivity index (χ2v) is 6.68. The predicted octanol–water partition coefficient (Wildman–Crippen LogP) is 4.41. The van der Waals surface area contributed by atoms with Gasteiger partial charge in [-0.1, -0.05) is 48.6 Å². The third kappa shape index (κ3) is 4.93. The van der Waals surface area contributed by atoms with Gasteiger partial charge < -0.3 is 9.84 Å². The Morgan fingerprint density at radius 1 is 1.13 bits per heavy atom. The molecule has 0 bridgehead atoms. The summed E-state index contributed by atoms with van der Waals surface area (Å²) in [4.78, 5) is 11.6. The molecule has 2 aromatic carbocycles. The van der Waals surface area contributed by atoms with Crippen molar-refractivity contribution in [3.05, 3.63) is 60.2 Å². The molecule has 0 aliphatic heterocycles. The van der Waals surface area contributed by atoms with Gasteiger partial charge in [0.15, 0.2) is 0 Å². The van der Waals surface area contributed by atoms with Crippen LogP contribution in [0.25, 0.3) is 10.8 Å². The maximum absolute atomic E-state index is 11.6. The van der Waals surface area contributed by atoms with E-state index in [9.17, 15) is 9.90 Å². The number of benzene rings is 2. The van der Waals surface area contributed by atoms with Gasteiger partial charge in [-0.25, -0.2) is 0 Å². The maximum atomic E-state index is 11.6. The SMILES string of the molecule is CC(C)(C)C(=O)OC/C=C/CC(O)c1ccc2ccccc2c1. The number of fused-ring (bicyclic) bond motifs is 1. The summed E-state index contributed by atoms with van der Waals surface area (Å²) < 4.78 is 5.14. The van der Waals surface area contributed by atoms with Crippen LogP contribution < -0.4 is 0 Å². The quantitative estimate of drug-likeness (QED) is 0.657. The molecular formula is C20H24O3. The Morgan fingerprint density at radius 3 is 2.52 bits per heavy atom. The third-order valence-electron chi connectivity index (χ3n) is 3.61. The van der Waals surface area contributed by atoms with Crippen molar-refractivity contribution in [2.75, 3.05) is 6.61 Å². The summed E-state index contributed by atoms with van der Waals surface area (Å²) in [7, 11) is 0. The molecule has 23 heavy (non-hydrogen) atoms. The molecule has 0 radical (unpaired) electrons. The van der Waals surface area contributed by atoms with Crippen LogP contribution in [0.15, 0.2) is 54.6 Å². The van der Waals surface area contributed by atoms with Crippen LogP contribution in [-0.2, 0) is 9.53 Å². The number of rotatable bonds is 5. The Bertz CT molecular complexity index is 695. The number of hydrogen-bond donors (Lipinski definition) is 1. The zero-order chi connectivity index (χ0) is 16.9. The molecule has 122 valence electrons. The lowest BCUT2D eigenvalue weighted by Gasteiger charge is -2.15. The van der Waals surface area contributed by atoms with E-state index in [1.54, 1.807) is 6.08 Å². The van der Waals surface area contributed by atoms with Crippen LogP contribution in [0.4, 0.5) is 0 Å². The number of esters is 1. The molecule has 0 saturated heterocycles. The average Bonchev–Trinajstić information content (AvgIpc) is 2.52. The van der Waals surface area contributed by atoms with E-state index >= 15 is 0 Å². The predicted molar refractivity (Wildman–Crippen MR) is 93.1 cm³/mol. The highest BCUT2D eigenvalue weighted by atomic mass is 16.5. The fourth-order valence-corrected chi connectivity index (χ4v) is 2.18. The number of aliphatic hydroxyl groups excluding tert-OH is 1. The summed E-state index contributed by atoms with van der Waals surface area (Å²) in [6.07, 6.45) is 3.55. The largest absolute Gasteiger partial charge is 0.461 e. The summed E-state index contributed by atoms with van der Waals surface area (Å²) >= 11 is 0. The molecule has 0 aliphatic carbocycles. The van der Waals surface area contributed by atoms with Crippen molar-refractivity contribution >= 4 is 16.7 Å². The molecule has 0 fully saturated rings. The molecule has 1 N–H and O–H groups in total. The zero-order valence-electron chi connectivity index (χ0n) is 14.0. The molecule has 2 rings (SSSR count). The molecule has 0 amide bonds. The Hall–Kier alpha value is -2.13. The van der Waals surface area contributed by atoms with E-state index in [2.05, 4.69) is 6.07 Å². The first-order valence-corrected chi connectivity index (χ1v) is 7.87. The van der Waals surface area contributed by atoms with E-state index in [-0.39, 0.29) is 12.6 Å². The van der Waals surface area contributed by atoms with Gasteiger partial charge in [0.05, 0.1) is 11.5 Å². The fraction of sp³-hybridized carbons (Fsp3) is 0.350. The highest BCUT2D eigenvalue weighted by Gasteiger charge is 2.22. The Morgan fingerprint density at radius 2 is 1.83 bits per heavy atom. The van der Waals surface area contributed by atoms with Crippen LogP contribution in [0.1, 0.15) is 38.9 Å². The minimum atomic E-state index is -0.561. The van der Waals surface area contributed by atoms with Gasteiger partial charge >= 0.3 is 5.97 Å². The van der Waals surface area contributed by atoms with Gasteiger partial charge in [-0.2, -0.15) is 0 Å². The fourth-order valence-electron chi connectivity index (χ4n) is 2.18. The Labute approximate surface area is 137 Å². The molecule has 0 saturated carbocycles. The van der Waals surface area contributed by atoms with Crippen molar-refractivity contribution in [2.24, 2.45) is 5.41 Å². The van der Waals surface area contributed by atoms with Crippen molar-refractivity contribution in [2.45, 2.75) is 33.3 Å². The molecule has 1 unspecified atom stereocenters. The third-order valence-corrected chi connectivity index (χ3v) is 3.61. The standard InChI is InChI=1S/C20H24O3/c1-20(2,3)19(22)23-13-7-6-10-18(21)17-12-11-15-8-4-5-9-16(15)14-17/h4-9,11-12,14,18,21H,10,13H2,1-3H3/b7-6+. The van der Waals surface area contributed by atoms with Crippen LogP contribution >= 0.6 is 0 Å². The smallest absolute Gasteiger partial charge is 0.311 e. The van der Waals surface area contributed by atoms with Gasteiger partial charge in [0.25, 0.3) is 0 Å². The van der Waals surface area contributed by atoms with Crippen molar-refractivity contribution < 1.29 is 14.6 Å². The first-order chi connectivity index (χ1) is 10.9. The van der Waals surface area contributed by atoms with Crippen LogP contribution in [0.5, 0.6) is 0 Å². The minimum Gasteiger partial charge on any atom is -0.461 e. The molecule has 2 aromatic rings. The summed E-state index contributed by atoms with van der Waals surface area (Å²) in [5.41, 5.74) is 0.401. The summed E-state index contributed by atoms with van der Waals surface area (Å²) in [6.45, 7) is 5.70. The summed E-state index contributed by atoms with van der Waals surface area (Å²) in [6, 6.07) is 14.0. The van der Waals surface area contributed by atoms with Gasteiger partial charge in [-0.05, 0) is 49.6 Å². The van der Waals surface area contributed by atoms with E-state index in [0.717, 1.165) is 16.3 Å². The van der Waals surface area contributed by atoms with Crippen LogP contribution in [0.2, 0.25) is 0 Å². The molecule has 0 spiro atoms. The van der Waals surface area contributed by atoms with Crippen LogP contribution in [0.3, 0.4) is 0 Å². The van der Waals surface area contributed by atoms with Gasteiger partial charge in [0, 0.05) is 0 Å². The second kappa shape index (κ2) is 7.42. The lowest BCUT2D eigenvalue weighted by molar-refractivity contribution is -0.151. The monoisotopic (exact) mass is 312 g/mol. The molecular weight excluding hydrogens is 288 g/mol. The van der Waals surface area contributed by atoms with Crippen molar-refractivity contribution in [1.29, 1.82) is 0 Å². The lowest BCUT2D eigenvalue weighted by atomic mass is 9.97. The first kappa shape index (κ1) is 17.2. The minimum absolute atomic E-state index is 0.225. The molecule has 0 aromatic heterocycles. The maximum Gasteiger partial charge on any atom is 0.311 e. The zero-order valence-corrected chi connectivity index (χ0v) is 14.0. The van der Waals surface area contributed by atoms with Crippen molar-refractivity contribution in [3.8, 4) is 0 Å². The van der Waals surface area contributed by atoms with E-state index in [1.165, 1.54) is 0 Å². The van der Waals surface area contributed by atoms with E-state index in [1.807, 2.05) is 63.2 Å². The summed E-state index contributed by atoms with van der Waals surface area (Å²) in [5, 5.41) is 12.5. The van der Waals surface area contributed by atoms with Crippen LogP contribution in [0, 0.1) is 5.41 Å². The number of hydrogen-bond acceptors (Lipinski definition) is 3. The molecule has 0 heterocycles. The van der Waals surface area contributed by atoms with Crippen molar-refractivity contribution in [1.82, 2.24) is 0 Å². The first-order valence-electron chi connectivity index (χ1n) is 7.87.